The number of H-pyrrole nitrogens is 3. The summed E-state index contributed by atoms with van der Waals surface area (Å²) in [5.74, 6) is 0.808. The maximum Gasteiger partial charge on any atom is 0.408 e. The van der Waals surface area contributed by atoms with Gasteiger partial charge < -0.3 is 26.4 Å². The highest BCUT2D eigenvalue weighted by Crippen LogP contribution is 2.21. The lowest BCUT2D eigenvalue weighted by molar-refractivity contribution is -0.119. The Morgan fingerprint density at radius 3 is 1.51 bits per heavy atom. The van der Waals surface area contributed by atoms with Crippen molar-refractivity contribution in [1.82, 2.24) is 61.2 Å². The zero-order chi connectivity index (χ0) is 49.8. The van der Waals surface area contributed by atoms with E-state index in [1.807, 2.05) is 109 Å². The SMILES string of the molecule is CC(C)(C)OC(=O)N[C@@H](Cc1ccccc1)C(=O)Nc1cc(-c2ccncc2)[nH]n1.Nc1cc(-c2ccncc2)[nH]n1.O=C(Nc1cc(-c2ccncc2)[nH]n1)[C@H](Cc1ccccc1)NCc1cscn1. The van der Waals surface area contributed by atoms with Crippen molar-refractivity contribution in [3.05, 3.63) is 180 Å². The Morgan fingerprint density at radius 1 is 0.620 bits per heavy atom. The van der Waals surface area contributed by atoms with Crippen molar-refractivity contribution in [1.29, 1.82) is 0 Å². The van der Waals surface area contributed by atoms with Gasteiger partial charge in [0, 0.05) is 90.4 Å². The Hall–Kier alpha value is -8.88. The number of aromatic amines is 3. The number of rotatable bonds is 15. The fraction of sp³-hybridized carbons (Fsp3) is 0.176. The van der Waals surface area contributed by atoms with Crippen LogP contribution in [0.4, 0.5) is 22.2 Å². The van der Waals surface area contributed by atoms with Crippen molar-refractivity contribution in [2.24, 2.45) is 0 Å². The minimum Gasteiger partial charge on any atom is -0.444 e. The minimum atomic E-state index is -0.830. The van der Waals surface area contributed by atoms with Gasteiger partial charge in [-0.15, -0.1) is 11.3 Å². The zero-order valence-electron chi connectivity index (χ0n) is 39.1. The first-order valence-corrected chi connectivity index (χ1v) is 23.3. The lowest BCUT2D eigenvalue weighted by Gasteiger charge is -2.23. The van der Waals surface area contributed by atoms with Gasteiger partial charge in [-0.05, 0) is 74.7 Å². The molecule has 362 valence electrons. The van der Waals surface area contributed by atoms with Gasteiger partial charge in [0.2, 0.25) is 11.8 Å². The molecule has 0 unspecified atom stereocenters. The van der Waals surface area contributed by atoms with Crippen LogP contribution in [0.3, 0.4) is 0 Å². The number of alkyl carbamates (subject to hydrolysis) is 1. The first-order chi connectivity index (χ1) is 34.4. The van der Waals surface area contributed by atoms with Gasteiger partial charge in [0.1, 0.15) is 17.5 Å². The highest BCUT2D eigenvalue weighted by molar-refractivity contribution is 7.07. The average molecular weight is 972 g/mol. The maximum absolute atomic E-state index is 13.0. The summed E-state index contributed by atoms with van der Waals surface area (Å²) >= 11 is 1.54. The molecule has 71 heavy (non-hydrogen) atoms. The monoisotopic (exact) mass is 971 g/mol. The molecule has 0 aliphatic heterocycles. The van der Waals surface area contributed by atoms with Crippen molar-refractivity contribution in [2.75, 3.05) is 16.4 Å². The van der Waals surface area contributed by atoms with E-state index in [1.165, 1.54) is 11.3 Å². The number of amides is 3. The molecule has 20 heteroatoms. The predicted octanol–water partition coefficient (Wildman–Crippen LogP) is 7.87. The molecule has 19 nitrogen and oxygen atoms in total. The summed E-state index contributed by atoms with van der Waals surface area (Å²) in [6, 6.07) is 34.7. The summed E-state index contributed by atoms with van der Waals surface area (Å²) in [6.45, 7) is 5.83. The lowest BCUT2D eigenvalue weighted by Crippen LogP contribution is -2.47. The molecule has 3 amide bonds. The number of carbonyl (C=O) groups is 3. The van der Waals surface area contributed by atoms with Crippen LogP contribution in [0.1, 0.15) is 37.6 Å². The van der Waals surface area contributed by atoms with Crippen LogP contribution in [0.5, 0.6) is 0 Å². The number of ether oxygens (including phenoxy) is 1. The largest absolute Gasteiger partial charge is 0.444 e. The maximum atomic E-state index is 13.0. The van der Waals surface area contributed by atoms with Crippen LogP contribution < -0.4 is 27.0 Å². The van der Waals surface area contributed by atoms with Gasteiger partial charge in [0.15, 0.2) is 11.6 Å². The average Bonchev–Trinajstić information content (AvgIpc) is 4.24. The van der Waals surface area contributed by atoms with E-state index in [2.05, 4.69) is 71.8 Å². The summed E-state index contributed by atoms with van der Waals surface area (Å²) < 4.78 is 5.31. The molecule has 7 heterocycles. The topological polar surface area (TPSA) is 272 Å². The number of nitrogens with zero attached hydrogens (tertiary/aromatic N) is 7. The van der Waals surface area contributed by atoms with E-state index in [-0.39, 0.29) is 5.91 Å². The highest BCUT2D eigenvalue weighted by Gasteiger charge is 2.26. The Morgan fingerprint density at radius 2 is 1.07 bits per heavy atom. The molecule has 0 radical (unpaired) electrons. The third-order valence-corrected chi connectivity index (χ3v) is 10.8. The molecule has 2 atom stereocenters. The molecule has 0 aliphatic carbocycles. The van der Waals surface area contributed by atoms with E-state index in [4.69, 9.17) is 10.5 Å². The van der Waals surface area contributed by atoms with Crippen molar-refractivity contribution in [2.45, 2.75) is 57.8 Å². The molecule has 0 saturated heterocycles. The van der Waals surface area contributed by atoms with E-state index in [0.29, 0.717) is 36.8 Å². The standard InChI is InChI=1S/C22H25N5O3.C21H20N6OS.C8H8N4/c1-22(2,3)30-21(29)24-18(13-15-7-5-4-6-8-15)20(28)25-19-14-17(26-27-19)16-9-11-23-12-10-16;28-21(25-20-11-18(26-27-20)16-6-8-22-9-7-16)19(10-15-4-2-1-3-5-15)23-12-17-13-29-14-24-17;9-8-5-7(11-12-8)6-1-3-10-4-2-6/h4-12,14,18H,13H2,1-3H3,(H,24,29)(H2,25,26,27,28);1-9,11,13-14,19,23H,10,12H2,(H2,25,26,27,28);1-5H,(H3,9,11,12)/t18-;19-;/m00./s1. The van der Waals surface area contributed by atoms with Gasteiger partial charge in [-0.2, -0.15) is 15.3 Å². The summed E-state index contributed by atoms with van der Waals surface area (Å²) in [5, 5.41) is 34.4. The molecule has 0 fully saturated rings. The van der Waals surface area contributed by atoms with Crippen LogP contribution in [0.15, 0.2) is 163 Å². The number of aromatic nitrogens is 10. The molecule has 2 aromatic carbocycles. The second kappa shape index (κ2) is 24.9. The van der Waals surface area contributed by atoms with E-state index in [1.54, 1.807) is 75.6 Å². The smallest absolute Gasteiger partial charge is 0.408 e. The molecule has 7 aromatic heterocycles. The molecular weight excluding hydrogens is 919 g/mol. The third-order valence-electron chi connectivity index (χ3n) is 10.1. The number of nitrogen functional groups attached to an aromatic ring is 1. The highest BCUT2D eigenvalue weighted by atomic mass is 32.1. The van der Waals surface area contributed by atoms with Gasteiger partial charge in [-0.1, -0.05) is 60.7 Å². The number of nitrogens with one attached hydrogen (secondary N) is 7. The number of nitrogens with two attached hydrogens (primary N) is 1. The van der Waals surface area contributed by atoms with Crippen LogP contribution in [0.2, 0.25) is 0 Å². The van der Waals surface area contributed by atoms with E-state index in [0.717, 1.165) is 50.6 Å². The second-order valence-electron chi connectivity index (χ2n) is 16.7. The first kappa shape index (κ1) is 50.0. The van der Waals surface area contributed by atoms with Crippen LogP contribution in [0.25, 0.3) is 33.8 Å². The van der Waals surface area contributed by atoms with Crippen LogP contribution in [-0.2, 0) is 33.7 Å². The third kappa shape index (κ3) is 16.1. The number of thiazole rings is 1. The quantitative estimate of drug-likeness (QED) is 0.0486. The van der Waals surface area contributed by atoms with E-state index >= 15 is 0 Å². The van der Waals surface area contributed by atoms with Crippen LogP contribution in [-0.4, -0.2) is 86.1 Å². The van der Waals surface area contributed by atoms with Gasteiger partial charge >= 0.3 is 6.09 Å². The normalized spacial score (nSPS) is 11.6. The number of hydrogen-bond donors (Lipinski definition) is 8. The van der Waals surface area contributed by atoms with Crippen molar-refractivity contribution < 1.29 is 19.1 Å². The van der Waals surface area contributed by atoms with Crippen LogP contribution >= 0.6 is 11.3 Å². The Labute approximate surface area is 413 Å². The van der Waals surface area contributed by atoms with Gasteiger partial charge in [0.05, 0.1) is 34.3 Å². The number of pyridine rings is 3. The Kier molecular flexibility index (Phi) is 17.6. The summed E-state index contributed by atoms with van der Waals surface area (Å²) in [4.78, 5) is 54.3. The van der Waals surface area contributed by atoms with E-state index in [9.17, 15) is 14.4 Å². The predicted molar refractivity (Wildman–Crippen MR) is 273 cm³/mol. The molecule has 9 aromatic rings. The van der Waals surface area contributed by atoms with Crippen molar-refractivity contribution in [3.63, 3.8) is 0 Å². The lowest BCUT2D eigenvalue weighted by atomic mass is 10.1. The molecular formula is C51H53N15O4S. The van der Waals surface area contributed by atoms with Crippen LogP contribution in [0, 0.1) is 0 Å². The van der Waals surface area contributed by atoms with Gasteiger partial charge in [-0.3, -0.25) is 45.2 Å². The fourth-order valence-corrected chi connectivity index (χ4v) is 7.30. The number of anilines is 3. The zero-order valence-corrected chi connectivity index (χ0v) is 39.9. The number of hydrogen-bond acceptors (Lipinski definition) is 14. The molecule has 0 aliphatic rings. The molecule has 0 spiro atoms. The Bertz CT molecular complexity index is 3000. The first-order valence-electron chi connectivity index (χ1n) is 22.4. The Balaban J connectivity index is 0.000000170. The second-order valence-corrected chi connectivity index (χ2v) is 17.4. The van der Waals surface area contributed by atoms with Gasteiger partial charge in [-0.25, -0.2) is 9.78 Å². The molecule has 0 saturated carbocycles. The molecule has 9 N–H and O–H groups in total. The summed E-state index contributed by atoms with van der Waals surface area (Å²) in [5.41, 5.74) is 14.8. The number of benzene rings is 2. The molecule has 0 bridgehead atoms. The summed E-state index contributed by atoms with van der Waals surface area (Å²) in [6.07, 6.45) is 10.5. The molecule has 9 rings (SSSR count). The minimum absolute atomic E-state index is 0.142. The van der Waals surface area contributed by atoms with Gasteiger partial charge in [0.25, 0.3) is 0 Å². The number of carbonyl (C=O) groups excluding carboxylic acids is 3. The van der Waals surface area contributed by atoms with E-state index < -0.39 is 29.7 Å². The van der Waals surface area contributed by atoms with Crippen molar-refractivity contribution in [3.8, 4) is 33.8 Å². The fourth-order valence-electron chi connectivity index (χ4n) is 6.74. The van der Waals surface area contributed by atoms with Crippen molar-refractivity contribution >= 4 is 46.7 Å². The summed E-state index contributed by atoms with van der Waals surface area (Å²) in [7, 11) is 0.